The SMILES string of the molecule is C[C@H](F)CN(c1cc2c(cc1OCc1ccc(C=O)cn1)CCC2)S(=O)(=O)c1cccnc1. The molecule has 0 bridgehead atoms. The zero-order valence-electron chi connectivity index (χ0n) is 18.1. The first-order valence-corrected chi connectivity index (χ1v) is 12.1. The molecule has 0 N–H and O–H groups in total. The summed E-state index contributed by atoms with van der Waals surface area (Å²) in [4.78, 5) is 18.9. The van der Waals surface area contributed by atoms with Gasteiger partial charge in [-0.3, -0.25) is 19.1 Å². The molecule has 0 unspecified atom stereocenters. The van der Waals surface area contributed by atoms with Crippen LogP contribution >= 0.6 is 0 Å². The van der Waals surface area contributed by atoms with E-state index in [0.717, 1.165) is 34.7 Å². The molecule has 9 heteroatoms. The number of halogens is 1. The number of aldehydes is 1. The average Bonchev–Trinajstić information content (AvgIpc) is 3.29. The Morgan fingerprint density at radius 2 is 1.97 bits per heavy atom. The number of rotatable bonds is 9. The second kappa shape index (κ2) is 9.66. The molecule has 0 radical (unpaired) electrons. The van der Waals surface area contributed by atoms with E-state index in [9.17, 15) is 17.6 Å². The van der Waals surface area contributed by atoms with Crippen LogP contribution in [0.25, 0.3) is 0 Å². The summed E-state index contributed by atoms with van der Waals surface area (Å²) in [5.41, 5.74) is 3.43. The maximum Gasteiger partial charge on any atom is 0.266 e. The Labute approximate surface area is 192 Å². The second-order valence-corrected chi connectivity index (χ2v) is 9.80. The molecule has 0 fully saturated rings. The number of aryl methyl sites for hydroxylation is 2. The average molecular weight is 470 g/mol. The van der Waals surface area contributed by atoms with E-state index in [1.54, 1.807) is 18.2 Å². The van der Waals surface area contributed by atoms with E-state index < -0.39 is 16.2 Å². The Kier molecular flexibility index (Phi) is 6.69. The normalized spacial score (nSPS) is 13.9. The molecule has 1 aliphatic rings. The maximum absolute atomic E-state index is 14.2. The highest BCUT2D eigenvalue weighted by molar-refractivity contribution is 7.92. The van der Waals surface area contributed by atoms with Crippen LogP contribution in [0, 0.1) is 0 Å². The third kappa shape index (κ3) is 5.03. The van der Waals surface area contributed by atoms with Crippen molar-refractivity contribution in [1.29, 1.82) is 0 Å². The molecule has 7 nitrogen and oxygen atoms in total. The Bertz CT molecular complexity index is 1230. The number of aromatic nitrogens is 2. The summed E-state index contributed by atoms with van der Waals surface area (Å²) in [7, 11) is -4.08. The molecule has 172 valence electrons. The minimum absolute atomic E-state index is 0.0248. The lowest BCUT2D eigenvalue weighted by atomic mass is 10.1. The summed E-state index contributed by atoms with van der Waals surface area (Å²) in [6.45, 7) is 1.02. The Balaban J connectivity index is 1.75. The van der Waals surface area contributed by atoms with Crippen LogP contribution < -0.4 is 9.04 Å². The summed E-state index contributed by atoms with van der Waals surface area (Å²) in [6, 6.07) is 9.89. The van der Waals surface area contributed by atoms with Crippen LogP contribution in [0.5, 0.6) is 5.75 Å². The van der Waals surface area contributed by atoms with Crippen LogP contribution in [0.3, 0.4) is 0 Å². The summed E-state index contributed by atoms with van der Waals surface area (Å²) in [5.74, 6) is 0.338. The van der Waals surface area contributed by atoms with E-state index in [-0.39, 0.29) is 23.7 Å². The predicted molar refractivity (Wildman–Crippen MR) is 122 cm³/mol. The van der Waals surface area contributed by atoms with Gasteiger partial charge in [-0.1, -0.05) is 0 Å². The number of hydrogen-bond acceptors (Lipinski definition) is 6. The van der Waals surface area contributed by atoms with Crippen molar-refractivity contribution in [2.75, 3.05) is 10.8 Å². The number of carbonyl (C=O) groups excluding carboxylic acids is 1. The molecule has 1 aromatic carbocycles. The molecule has 3 aromatic rings. The molecule has 0 saturated heterocycles. The van der Waals surface area contributed by atoms with Gasteiger partial charge < -0.3 is 4.74 Å². The van der Waals surface area contributed by atoms with E-state index in [4.69, 9.17) is 4.74 Å². The third-order valence-corrected chi connectivity index (χ3v) is 7.20. The van der Waals surface area contributed by atoms with Gasteiger partial charge in [0.25, 0.3) is 10.0 Å². The number of alkyl halides is 1. The van der Waals surface area contributed by atoms with Crippen LogP contribution in [0.1, 0.15) is 40.5 Å². The molecule has 1 aliphatic carbocycles. The molecule has 1 atom stereocenters. The van der Waals surface area contributed by atoms with Gasteiger partial charge in [0.05, 0.1) is 17.9 Å². The number of nitrogens with zero attached hydrogens (tertiary/aromatic N) is 3. The van der Waals surface area contributed by atoms with Gasteiger partial charge in [-0.25, -0.2) is 12.8 Å². The molecule has 0 spiro atoms. The summed E-state index contributed by atoms with van der Waals surface area (Å²) < 4.78 is 48.3. The van der Waals surface area contributed by atoms with Crippen molar-refractivity contribution in [1.82, 2.24) is 9.97 Å². The third-order valence-electron chi connectivity index (χ3n) is 5.44. The number of pyridine rings is 2. The van der Waals surface area contributed by atoms with Gasteiger partial charge in [0.15, 0.2) is 6.29 Å². The maximum atomic E-state index is 14.2. The van der Waals surface area contributed by atoms with Gasteiger partial charge in [0, 0.05) is 24.2 Å². The number of ether oxygens (including phenoxy) is 1. The van der Waals surface area contributed by atoms with Gasteiger partial charge in [0.2, 0.25) is 0 Å². The van der Waals surface area contributed by atoms with Gasteiger partial charge in [-0.15, -0.1) is 0 Å². The molecule has 0 amide bonds. The summed E-state index contributed by atoms with van der Waals surface area (Å²) in [6.07, 6.45) is 6.12. The van der Waals surface area contributed by atoms with E-state index in [2.05, 4.69) is 9.97 Å². The molecule has 2 aromatic heterocycles. The minimum atomic E-state index is -4.08. The molecule has 2 heterocycles. The fourth-order valence-electron chi connectivity index (χ4n) is 3.82. The Morgan fingerprint density at radius 3 is 2.61 bits per heavy atom. The van der Waals surface area contributed by atoms with Gasteiger partial charge in [-0.2, -0.15) is 0 Å². The standard InChI is InChI=1S/C24H24FN3O4S/c1-17(25)14-28(33(30,31)22-6-3-9-26-13-22)23-10-19-4-2-5-20(19)11-24(23)32-16-21-8-7-18(15-29)12-27-21/h3,6-13,15,17H,2,4-5,14,16H2,1H3/t17-/m0/s1. The van der Waals surface area contributed by atoms with Crippen molar-refractivity contribution in [3.63, 3.8) is 0 Å². The van der Waals surface area contributed by atoms with Crippen molar-refractivity contribution < 1.29 is 22.3 Å². The summed E-state index contributed by atoms with van der Waals surface area (Å²) >= 11 is 0. The van der Waals surface area contributed by atoms with Gasteiger partial charge in [-0.05, 0) is 73.7 Å². The van der Waals surface area contributed by atoms with E-state index >= 15 is 0 Å². The molecular weight excluding hydrogens is 445 g/mol. The van der Waals surface area contributed by atoms with Crippen molar-refractivity contribution >= 4 is 22.0 Å². The topological polar surface area (TPSA) is 89.5 Å². The molecule has 0 aliphatic heterocycles. The molecule has 4 rings (SSSR count). The zero-order chi connectivity index (χ0) is 23.4. The highest BCUT2D eigenvalue weighted by atomic mass is 32.2. The number of hydrogen-bond donors (Lipinski definition) is 0. The molecule has 33 heavy (non-hydrogen) atoms. The number of sulfonamides is 1. The van der Waals surface area contributed by atoms with Crippen molar-refractivity contribution in [2.45, 2.75) is 43.9 Å². The first kappa shape index (κ1) is 22.8. The van der Waals surface area contributed by atoms with E-state index in [1.165, 1.54) is 37.6 Å². The smallest absolute Gasteiger partial charge is 0.266 e. The van der Waals surface area contributed by atoms with E-state index in [0.29, 0.717) is 23.3 Å². The Hall–Kier alpha value is -3.33. The highest BCUT2D eigenvalue weighted by Crippen LogP contribution is 2.38. The lowest BCUT2D eigenvalue weighted by molar-refractivity contribution is 0.112. The molecular formula is C24H24FN3O4S. The van der Waals surface area contributed by atoms with E-state index in [1.807, 2.05) is 6.07 Å². The number of benzene rings is 1. The molecule has 0 saturated carbocycles. The van der Waals surface area contributed by atoms with Crippen LogP contribution in [-0.2, 0) is 29.5 Å². The van der Waals surface area contributed by atoms with Crippen molar-refractivity contribution in [3.8, 4) is 5.75 Å². The quantitative estimate of drug-likeness (QED) is 0.442. The van der Waals surface area contributed by atoms with Gasteiger partial charge in [0.1, 0.15) is 23.4 Å². The highest BCUT2D eigenvalue weighted by Gasteiger charge is 2.30. The first-order valence-electron chi connectivity index (χ1n) is 10.6. The Morgan fingerprint density at radius 1 is 1.18 bits per heavy atom. The zero-order valence-corrected chi connectivity index (χ0v) is 19.0. The lowest BCUT2D eigenvalue weighted by Gasteiger charge is -2.27. The number of carbonyl (C=O) groups is 1. The minimum Gasteiger partial charge on any atom is -0.485 e. The van der Waals surface area contributed by atoms with Crippen LogP contribution in [0.4, 0.5) is 10.1 Å². The first-order chi connectivity index (χ1) is 15.9. The monoisotopic (exact) mass is 469 g/mol. The van der Waals surface area contributed by atoms with Crippen molar-refractivity contribution in [3.05, 3.63) is 77.4 Å². The lowest BCUT2D eigenvalue weighted by Crippen LogP contribution is -2.36. The second-order valence-electron chi connectivity index (χ2n) is 7.94. The number of fused-ring (bicyclic) bond motifs is 1. The summed E-state index contributed by atoms with van der Waals surface area (Å²) in [5, 5.41) is 0. The van der Waals surface area contributed by atoms with Crippen LogP contribution in [0.2, 0.25) is 0 Å². The van der Waals surface area contributed by atoms with Gasteiger partial charge >= 0.3 is 0 Å². The fourth-order valence-corrected chi connectivity index (χ4v) is 5.33. The van der Waals surface area contributed by atoms with Crippen LogP contribution in [-0.4, -0.2) is 37.4 Å². The van der Waals surface area contributed by atoms with Crippen LogP contribution in [0.15, 0.2) is 59.9 Å². The number of anilines is 1. The predicted octanol–water partition coefficient (Wildman–Crippen LogP) is 3.91. The fraction of sp³-hybridized carbons (Fsp3) is 0.292. The largest absolute Gasteiger partial charge is 0.485 e. The van der Waals surface area contributed by atoms with Crippen molar-refractivity contribution in [2.24, 2.45) is 0 Å².